The van der Waals surface area contributed by atoms with E-state index in [1.807, 2.05) is 6.92 Å². The third-order valence-corrected chi connectivity index (χ3v) is 6.49. The number of hydrogen-bond acceptors (Lipinski definition) is 5. The van der Waals surface area contributed by atoms with Crippen LogP contribution in [0.4, 0.5) is 0 Å². The molecule has 1 aromatic heterocycles. The molecule has 0 amide bonds. The molecular weight excluding hydrogens is 316 g/mol. The molecule has 0 aromatic carbocycles. The van der Waals surface area contributed by atoms with Crippen LogP contribution in [0.25, 0.3) is 0 Å². The van der Waals surface area contributed by atoms with E-state index in [1.54, 1.807) is 19.1 Å². The maximum absolute atomic E-state index is 12.0. The number of aryl methyl sites for hydroxylation is 1. The van der Waals surface area contributed by atoms with Crippen LogP contribution in [0.2, 0.25) is 0 Å². The smallest absolute Gasteiger partial charge is 0.328 e. The molecule has 0 fully saturated rings. The van der Waals surface area contributed by atoms with Gasteiger partial charge in [0.25, 0.3) is 0 Å². The van der Waals surface area contributed by atoms with E-state index < -0.39 is 26.0 Å². The topological polar surface area (TPSA) is 98.0 Å². The van der Waals surface area contributed by atoms with E-state index in [4.69, 9.17) is 9.15 Å². The van der Waals surface area contributed by atoms with Gasteiger partial charge in [0.2, 0.25) is 0 Å². The molecule has 0 saturated carbocycles. The second-order valence-electron chi connectivity index (χ2n) is 4.58. The lowest BCUT2D eigenvalue weighted by Gasteiger charge is -2.14. The molecule has 9 heteroatoms. The highest BCUT2D eigenvalue weighted by atomic mass is 32.3. The van der Waals surface area contributed by atoms with Crippen molar-refractivity contribution >= 4 is 19.9 Å². The predicted molar refractivity (Wildman–Crippen MR) is 81.8 cm³/mol. The summed E-state index contributed by atoms with van der Waals surface area (Å²) in [6, 6.07) is 2.75. The first kappa shape index (κ1) is 18.1. The van der Waals surface area contributed by atoms with Crippen LogP contribution in [0.3, 0.4) is 0 Å². The molecule has 0 spiro atoms. The van der Waals surface area contributed by atoms with Gasteiger partial charge in [-0.2, -0.15) is 13.1 Å². The van der Waals surface area contributed by atoms with Gasteiger partial charge in [0, 0.05) is 25.5 Å². The summed E-state index contributed by atoms with van der Waals surface area (Å²) in [5.74, 6) is 1.34. The van der Waals surface area contributed by atoms with Gasteiger partial charge in [-0.1, -0.05) is 17.6 Å². The van der Waals surface area contributed by atoms with E-state index in [0.29, 0.717) is 12.2 Å². The van der Waals surface area contributed by atoms with E-state index in [1.165, 1.54) is 13.4 Å². The lowest BCUT2D eigenvalue weighted by Crippen LogP contribution is -2.30. The number of rotatable bonds is 8. The summed E-state index contributed by atoms with van der Waals surface area (Å²) in [5, 5.41) is 0. The number of nitrogens with zero attached hydrogens (tertiary/aromatic N) is 1. The summed E-state index contributed by atoms with van der Waals surface area (Å²) in [4.78, 5) is 0. The zero-order chi connectivity index (χ0) is 16.1. The number of ether oxygens (including phenoxy) is 1. The first-order valence-electron chi connectivity index (χ1n) is 6.54. The lowest BCUT2D eigenvalue weighted by molar-refractivity contribution is 0.166. The summed E-state index contributed by atoms with van der Waals surface area (Å²) >= 11 is 0. The van der Waals surface area contributed by atoms with E-state index in [0.717, 1.165) is 5.76 Å². The second kappa shape index (κ2) is 7.39. The van der Waals surface area contributed by atoms with Crippen molar-refractivity contribution in [1.82, 2.24) is 4.72 Å². The molecule has 1 rings (SSSR count). The minimum atomic E-state index is -4.06. The summed E-state index contributed by atoms with van der Waals surface area (Å²) in [6.45, 7) is 3.64. The van der Waals surface area contributed by atoms with E-state index in [2.05, 4.69) is 8.49 Å². The van der Waals surface area contributed by atoms with Crippen LogP contribution in [0, 0.1) is 0 Å². The van der Waals surface area contributed by atoms with Gasteiger partial charge in [0.1, 0.15) is 17.6 Å². The van der Waals surface area contributed by atoms with Crippen LogP contribution in [-0.4, -0.2) is 38.4 Å². The molecule has 1 heterocycles. The van der Waals surface area contributed by atoms with E-state index >= 15 is 0 Å². The largest absolute Gasteiger partial charge is 0.464 e. The molecule has 1 aromatic rings. The molecule has 0 aliphatic rings. The molecule has 122 valence electrons. The first-order chi connectivity index (χ1) is 9.73. The normalized spacial score (nSPS) is 16.4. The van der Waals surface area contributed by atoms with Crippen molar-refractivity contribution in [3.05, 3.63) is 23.7 Å². The zero-order valence-electron chi connectivity index (χ0n) is 12.7. The number of hydrogen-bond donors (Lipinski definition) is 1. The Balaban J connectivity index is 3.03. The molecule has 7 nitrogen and oxygen atoms in total. The second-order valence-corrected chi connectivity index (χ2v) is 8.86. The highest BCUT2D eigenvalue weighted by Crippen LogP contribution is 2.19. The van der Waals surface area contributed by atoms with Gasteiger partial charge in [-0.15, -0.1) is 0 Å². The summed E-state index contributed by atoms with van der Waals surface area (Å²) in [5.41, 5.74) is 0. The Bertz CT molecular complexity index is 672. The average Bonchev–Trinajstić information content (AvgIpc) is 2.85. The fourth-order valence-corrected chi connectivity index (χ4v) is 4.37. The van der Waals surface area contributed by atoms with Crippen molar-refractivity contribution in [1.29, 1.82) is 0 Å². The van der Waals surface area contributed by atoms with Crippen LogP contribution in [0.1, 0.15) is 31.4 Å². The molecule has 2 unspecified atom stereocenters. The zero-order valence-corrected chi connectivity index (χ0v) is 14.3. The van der Waals surface area contributed by atoms with Crippen LogP contribution in [-0.2, 0) is 31.1 Å². The van der Waals surface area contributed by atoms with Crippen LogP contribution in [0.15, 0.2) is 20.3 Å². The van der Waals surface area contributed by atoms with Gasteiger partial charge in [-0.3, -0.25) is 0 Å². The SMILES string of the molecule is CCc1ccc(C(COC)NS(=O)(=O)N=S(C)(=O)CC)o1. The van der Waals surface area contributed by atoms with E-state index in [-0.39, 0.29) is 12.4 Å². The maximum Gasteiger partial charge on any atom is 0.328 e. The predicted octanol–water partition coefficient (Wildman–Crippen LogP) is 1.48. The summed E-state index contributed by atoms with van der Waals surface area (Å²) in [6.07, 6.45) is 2.01. The van der Waals surface area contributed by atoms with Crippen molar-refractivity contribution < 1.29 is 21.8 Å². The highest BCUT2D eigenvalue weighted by Gasteiger charge is 2.23. The molecule has 21 heavy (non-hydrogen) atoms. The molecule has 0 radical (unpaired) electrons. The molecule has 0 bridgehead atoms. The van der Waals surface area contributed by atoms with Crippen LogP contribution >= 0.6 is 0 Å². The van der Waals surface area contributed by atoms with Crippen LogP contribution < -0.4 is 4.72 Å². The van der Waals surface area contributed by atoms with E-state index in [9.17, 15) is 12.6 Å². The Labute approximate surface area is 126 Å². The number of methoxy groups -OCH3 is 1. The van der Waals surface area contributed by atoms with Crippen molar-refractivity contribution in [2.45, 2.75) is 26.3 Å². The van der Waals surface area contributed by atoms with Gasteiger partial charge in [0.15, 0.2) is 0 Å². The molecule has 0 aliphatic heterocycles. The average molecular weight is 338 g/mol. The minimum absolute atomic E-state index is 0.0858. The maximum atomic E-state index is 12.0. The Morgan fingerprint density at radius 2 is 2.00 bits per heavy atom. The monoisotopic (exact) mass is 338 g/mol. The molecule has 0 saturated heterocycles. The number of nitrogens with one attached hydrogen (secondary N) is 1. The molecule has 0 aliphatic carbocycles. The van der Waals surface area contributed by atoms with Gasteiger partial charge in [-0.25, -0.2) is 4.21 Å². The highest BCUT2D eigenvalue weighted by molar-refractivity contribution is 8.02. The Hall–Kier alpha value is -0.900. The summed E-state index contributed by atoms with van der Waals surface area (Å²) in [7, 11) is -5.37. The molecule has 1 N–H and O–H groups in total. The third-order valence-electron chi connectivity index (χ3n) is 2.79. The first-order valence-corrected chi connectivity index (χ1v) is 10.1. The molecular formula is C12H22N2O5S2. The fraction of sp³-hybridized carbons (Fsp3) is 0.667. The fourth-order valence-electron chi connectivity index (χ4n) is 1.57. The lowest BCUT2D eigenvalue weighted by atomic mass is 10.2. The third kappa shape index (κ3) is 5.77. The Morgan fingerprint density at radius 1 is 1.33 bits per heavy atom. The molecule has 2 atom stereocenters. The van der Waals surface area contributed by atoms with Crippen LogP contribution in [0.5, 0.6) is 0 Å². The minimum Gasteiger partial charge on any atom is -0.464 e. The van der Waals surface area contributed by atoms with Crippen molar-refractivity contribution in [2.75, 3.05) is 25.7 Å². The van der Waals surface area contributed by atoms with Gasteiger partial charge >= 0.3 is 10.2 Å². The van der Waals surface area contributed by atoms with Crippen molar-refractivity contribution in [2.24, 2.45) is 3.77 Å². The Kier molecular flexibility index (Phi) is 6.39. The van der Waals surface area contributed by atoms with Gasteiger partial charge in [0.05, 0.1) is 16.3 Å². The standard InChI is InChI=1S/C12H22N2O5S2/c1-5-10-7-8-12(19-10)11(9-18-3)13-21(16,17)14-20(4,15)6-2/h7-8,11,13H,5-6,9H2,1-4H3. The van der Waals surface area contributed by atoms with Gasteiger partial charge < -0.3 is 9.15 Å². The number of furan rings is 1. The van der Waals surface area contributed by atoms with Crippen molar-refractivity contribution in [3.63, 3.8) is 0 Å². The van der Waals surface area contributed by atoms with Crippen molar-refractivity contribution in [3.8, 4) is 0 Å². The Morgan fingerprint density at radius 3 is 2.48 bits per heavy atom. The quantitative estimate of drug-likeness (QED) is 0.774. The van der Waals surface area contributed by atoms with Gasteiger partial charge in [-0.05, 0) is 12.1 Å². The summed E-state index contributed by atoms with van der Waals surface area (Å²) < 4.78 is 52.1.